The van der Waals surface area contributed by atoms with Gasteiger partial charge in [0.25, 0.3) is 0 Å². The fourth-order valence-corrected chi connectivity index (χ4v) is 11.1. The molecule has 37 heavy (non-hydrogen) atoms. The van der Waals surface area contributed by atoms with Gasteiger partial charge in [-0.05, 0) is 83.9 Å². The van der Waals surface area contributed by atoms with Crippen molar-refractivity contribution >= 4 is 11.8 Å². The fraction of sp³-hybridized carbons (Fsp3) is 0.871. The molecule has 0 aliphatic heterocycles. The minimum absolute atomic E-state index is 0.119. The number of aliphatic carboxylic acids is 1. The number of carboxylic acids is 1. The molecule has 0 unspecified atom stereocenters. The summed E-state index contributed by atoms with van der Waals surface area (Å²) in [6, 6.07) is 0. The molecule has 5 rings (SSSR count). The predicted octanol–water partition coefficient (Wildman–Crippen LogP) is 4.75. The number of Topliss-reactive ketones (excluding diaryl/α,β-unsaturated/α-hetero) is 1. The van der Waals surface area contributed by atoms with Crippen molar-refractivity contribution in [2.24, 2.45) is 50.2 Å². The maximum atomic E-state index is 13.2. The molecular weight excluding hydrogens is 468 g/mol. The van der Waals surface area contributed by atoms with Crippen molar-refractivity contribution in [3.63, 3.8) is 0 Å². The maximum Gasteiger partial charge on any atom is 0.303 e. The van der Waals surface area contributed by atoms with Crippen LogP contribution in [0.15, 0.2) is 11.6 Å². The number of rotatable bonds is 3. The Morgan fingerprint density at radius 1 is 1.00 bits per heavy atom. The van der Waals surface area contributed by atoms with Crippen molar-refractivity contribution in [1.29, 1.82) is 0 Å². The highest BCUT2D eigenvalue weighted by Gasteiger charge is 2.72. The van der Waals surface area contributed by atoms with Crippen LogP contribution in [0.3, 0.4) is 0 Å². The molecule has 6 heteroatoms. The van der Waals surface area contributed by atoms with Crippen molar-refractivity contribution in [1.82, 2.24) is 0 Å². The van der Waals surface area contributed by atoms with Gasteiger partial charge in [0.1, 0.15) is 6.10 Å². The number of carbonyl (C=O) groups is 2. The molecule has 0 bridgehead atoms. The first-order valence-electron chi connectivity index (χ1n) is 14.4. The number of allylic oxidation sites excluding steroid dienone is 2. The smallest absolute Gasteiger partial charge is 0.303 e. The zero-order valence-electron chi connectivity index (χ0n) is 23.6. The molecule has 0 saturated heterocycles. The van der Waals surface area contributed by atoms with Crippen molar-refractivity contribution in [2.45, 2.75) is 112 Å². The number of hydrogen-bond donors (Lipinski definition) is 4. The molecule has 0 aromatic heterocycles. The number of aliphatic hydroxyl groups excluding tert-OH is 3. The number of carboxylic acid groups (broad SMARTS) is 1. The molecule has 10 atom stereocenters. The first-order chi connectivity index (χ1) is 17.0. The standard InChI is InChI=1S/C31H48O6/c1-26(2)9-11-31(16-23(35)36)12-10-29(5)18(19(31)13-26)7-8-22-27(3)14-21(34)25(37)28(4,17-32)24(27)20(33)15-30(22,29)6/h7,19-20,22,24-25,32-33,37H,8-17H2,1-6H3,(H,35,36)/t19-,20+,22+,24+,25-,27+,28-,29+,30+,31+/m0/s1. The van der Waals surface area contributed by atoms with E-state index >= 15 is 0 Å². The van der Waals surface area contributed by atoms with Gasteiger partial charge in [-0.2, -0.15) is 0 Å². The largest absolute Gasteiger partial charge is 0.481 e. The quantitative estimate of drug-likeness (QED) is 0.403. The van der Waals surface area contributed by atoms with Gasteiger partial charge < -0.3 is 20.4 Å². The summed E-state index contributed by atoms with van der Waals surface area (Å²) in [6.45, 7) is 12.8. The lowest BCUT2D eigenvalue weighted by Gasteiger charge is -2.72. The average Bonchev–Trinajstić information content (AvgIpc) is 2.78. The van der Waals surface area contributed by atoms with E-state index in [0.717, 1.165) is 38.5 Å². The van der Waals surface area contributed by atoms with Crippen molar-refractivity contribution in [3.8, 4) is 0 Å². The summed E-state index contributed by atoms with van der Waals surface area (Å²) >= 11 is 0. The second kappa shape index (κ2) is 8.14. The average molecular weight is 517 g/mol. The number of fused-ring (bicyclic) bond motifs is 7. The molecule has 0 radical (unpaired) electrons. The second-order valence-corrected chi connectivity index (χ2v) is 15.5. The number of ketones is 1. The molecule has 0 aromatic carbocycles. The van der Waals surface area contributed by atoms with Gasteiger partial charge in [0.2, 0.25) is 0 Å². The molecule has 5 aliphatic rings. The molecule has 208 valence electrons. The Bertz CT molecular complexity index is 1030. The van der Waals surface area contributed by atoms with Gasteiger partial charge in [-0.1, -0.05) is 53.2 Å². The Balaban J connectivity index is 1.63. The lowest BCUT2D eigenvalue weighted by atomic mass is 9.33. The highest BCUT2D eigenvalue weighted by molar-refractivity contribution is 5.85. The highest BCUT2D eigenvalue weighted by Crippen LogP contribution is 2.75. The van der Waals surface area contributed by atoms with Crippen LogP contribution in [0, 0.1) is 50.2 Å². The van der Waals surface area contributed by atoms with E-state index in [1.165, 1.54) is 5.57 Å². The summed E-state index contributed by atoms with van der Waals surface area (Å²) in [5, 5.41) is 43.0. The summed E-state index contributed by atoms with van der Waals surface area (Å²) in [4.78, 5) is 25.2. The van der Waals surface area contributed by atoms with Crippen LogP contribution >= 0.6 is 0 Å². The van der Waals surface area contributed by atoms with Crippen LogP contribution in [-0.2, 0) is 9.59 Å². The number of carbonyl (C=O) groups excluding carboxylic acids is 1. The van der Waals surface area contributed by atoms with Gasteiger partial charge in [0, 0.05) is 17.8 Å². The van der Waals surface area contributed by atoms with E-state index in [4.69, 9.17) is 0 Å². The van der Waals surface area contributed by atoms with Crippen LogP contribution in [0.2, 0.25) is 0 Å². The lowest BCUT2D eigenvalue weighted by molar-refractivity contribution is -0.244. The predicted molar refractivity (Wildman–Crippen MR) is 140 cm³/mol. The molecule has 0 aromatic rings. The molecule has 0 amide bonds. The molecular formula is C31H48O6. The minimum atomic E-state index is -1.27. The SMILES string of the molecule is CC1(C)CC[C@]2(CC(=O)O)CC[C@]3(C)C(=CC[C@@H]4[C@@]5(C)CC(=O)[C@H](O)[C@@](C)(CO)[C@@H]5[C@H](O)C[C@]43C)[C@@H]2C1. The maximum absolute atomic E-state index is 13.2. The molecule has 4 N–H and O–H groups in total. The van der Waals surface area contributed by atoms with E-state index in [9.17, 15) is 30.0 Å². The molecule has 4 saturated carbocycles. The third-order valence-corrected chi connectivity index (χ3v) is 13.1. The van der Waals surface area contributed by atoms with Crippen LogP contribution in [0.1, 0.15) is 99.3 Å². The van der Waals surface area contributed by atoms with E-state index < -0.39 is 29.0 Å². The van der Waals surface area contributed by atoms with Crippen molar-refractivity contribution in [3.05, 3.63) is 11.6 Å². The highest BCUT2D eigenvalue weighted by atomic mass is 16.4. The third-order valence-electron chi connectivity index (χ3n) is 13.1. The van der Waals surface area contributed by atoms with Gasteiger partial charge in [0.15, 0.2) is 5.78 Å². The van der Waals surface area contributed by atoms with E-state index in [1.807, 2.05) is 0 Å². The zero-order valence-corrected chi connectivity index (χ0v) is 23.6. The van der Waals surface area contributed by atoms with Crippen LogP contribution in [0.4, 0.5) is 0 Å². The Kier molecular flexibility index (Phi) is 6.01. The minimum Gasteiger partial charge on any atom is -0.481 e. The van der Waals surface area contributed by atoms with E-state index in [-0.39, 0.29) is 64.6 Å². The Hall–Kier alpha value is -1.24. The topological polar surface area (TPSA) is 115 Å². The van der Waals surface area contributed by atoms with Crippen molar-refractivity contribution < 1.29 is 30.0 Å². The Morgan fingerprint density at radius 2 is 1.65 bits per heavy atom. The van der Waals surface area contributed by atoms with Gasteiger partial charge in [-0.25, -0.2) is 0 Å². The van der Waals surface area contributed by atoms with E-state index in [1.54, 1.807) is 6.92 Å². The number of aliphatic hydroxyl groups is 3. The normalized spacial score (nSPS) is 52.7. The van der Waals surface area contributed by atoms with E-state index in [2.05, 4.69) is 40.7 Å². The van der Waals surface area contributed by atoms with Crippen LogP contribution in [-0.4, -0.2) is 51.0 Å². The second-order valence-electron chi connectivity index (χ2n) is 15.5. The Morgan fingerprint density at radius 3 is 2.27 bits per heavy atom. The summed E-state index contributed by atoms with van der Waals surface area (Å²) in [5.74, 6) is -0.987. The van der Waals surface area contributed by atoms with Gasteiger partial charge >= 0.3 is 5.97 Å². The van der Waals surface area contributed by atoms with E-state index in [0.29, 0.717) is 6.42 Å². The Labute approximate surface area is 221 Å². The monoisotopic (exact) mass is 516 g/mol. The zero-order chi connectivity index (χ0) is 27.4. The third kappa shape index (κ3) is 3.47. The summed E-state index contributed by atoms with van der Waals surface area (Å²) in [5.41, 5.74) is -0.777. The first kappa shape index (κ1) is 27.3. The van der Waals surface area contributed by atoms with Gasteiger partial charge in [0.05, 0.1) is 19.1 Å². The van der Waals surface area contributed by atoms with Gasteiger partial charge in [-0.3, -0.25) is 9.59 Å². The molecule has 0 spiro atoms. The molecule has 5 aliphatic carbocycles. The molecule has 4 fully saturated rings. The van der Waals surface area contributed by atoms with Crippen LogP contribution < -0.4 is 0 Å². The molecule has 6 nitrogen and oxygen atoms in total. The molecule has 0 heterocycles. The van der Waals surface area contributed by atoms with Gasteiger partial charge in [-0.15, -0.1) is 0 Å². The van der Waals surface area contributed by atoms with Crippen molar-refractivity contribution in [2.75, 3.05) is 6.61 Å². The van der Waals surface area contributed by atoms with Crippen LogP contribution in [0.25, 0.3) is 0 Å². The fourth-order valence-electron chi connectivity index (χ4n) is 11.1. The summed E-state index contributed by atoms with van der Waals surface area (Å²) in [7, 11) is 0. The summed E-state index contributed by atoms with van der Waals surface area (Å²) in [6.07, 6.45) is 6.89. The van der Waals surface area contributed by atoms with Crippen LogP contribution in [0.5, 0.6) is 0 Å². The first-order valence-corrected chi connectivity index (χ1v) is 14.4. The number of hydrogen-bond acceptors (Lipinski definition) is 5. The summed E-state index contributed by atoms with van der Waals surface area (Å²) < 4.78 is 0. The lowest BCUT2D eigenvalue weighted by Crippen LogP contribution is -2.70.